The van der Waals surface area contributed by atoms with Crippen molar-refractivity contribution in [3.8, 4) is 5.75 Å². The molecule has 7 heteroatoms. The summed E-state index contributed by atoms with van der Waals surface area (Å²) >= 11 is 1.44. The number of aryl methyl sites for hydroxylation is 1. The Kier molecular flexibility index (Phi) is 7.27. The van der Waals surface area contributed by atoms with Crippen LogP contribution in [0.15, 0.2) is 72.4 Å². The molecule has 0 spiro atoms. The van der Waals surface area contributed by atoms with Gasteiger partial charge >= 0.3 is 0 Å². The summed E-state index contributed by atoms with van der Waals surface area (Å²) in [7, 11) is 0. The van der Waals surface area contributed by atoms with Crippen molar-refractivity contribution in [1.29, 1.82) is 0 Å². The molecule has 1 aliphatic rings. The summed E-state index contributed by atoms with van der Waals surface area (Å²) in [5.41, 5.74) is 2.11. The van der Waals surface area contributed by atoms with E-state index in [1.807, 2.05) is 77.1 Å². The maximum Gasteiger partial charge on any atom is 0.240 e. The Morgan fingerprint density at radius 3 is 2.66 bits per heavy atom. The van der Waals surface area contributed by atoms with Crippen LogP contribution >= 0.6 is 11.8 Å². The number of hydrogen-bond donors (Lipinski definition) is 0. The summed E-state index contributed by atoms with van der Waals surface area (Å²) in [6, 6.07) is 17.8. The van der Waals surface area contributed by atoms with Crippen molar-refractivity contribution < 1.29 is 9.53 Å². The fourth-order valence-electron chi connectivity index (χ4n) is 3.78. The summed E-state index contributed by atoms with van der Waals surface area (Å²) in [6.45, 7) is 8.38. The molecule has 1 amide bonds. The predicted molar refractivity (Wildman–Crippen MR) is 127 cm³/mol. The Bertz CT molecular complexity index is 1060. The first kappa shape index (κ1) is 22.1. The molecule has 1 aromatic heterocycles. The lowest BCUT2D eigenvalue weighted by Gasteiger charge is -2.23. The Labute approximate surface area is 193 Å². The highest BCUT2D eigenvalue weighted by atomic mass is 32.2. The number of amides is 1. The number of thioether (sulfide) groups is 1. The molecule has 6 nitrogen and oxygen atoms in total. The van der Waals surface area contributed by atoms with Crippen LogP contribution in [0.25, 0.3) is 0 Å². The van der Waals surface area contributed by atoms with Crippen molar-refractivity contribution in [3.63, 3.8) is 0 Å². The topological polar surface area (TPSA) is 60.2 Å². The fourth-order valence-corrected chi connectivity index (χ4v) is 4.93. The van der Waals surface area contributed by atoms with E-state index < -0.39 is 0 Å². The minimum atomic E-state index is -0.368. The van der Waals surface area contributed by atoms with Crippen molar-refractivity contribution >= 4 is 17.7 Å². The molecule has 166 valence electrons. The Hall–Kier alpha value is -3.06. The molecule has 3 aromatic rings. The normalized spacial score (nSPS) is 14.3. The van der Waals surface area contributed by atoms with Crippen molar-refractivity contribution in [2.75, 3.05) is 13.1 Å². The maximum absolute atomic E-state index is 13.4. The Morgan fingerprint density at radius 2 is 1.94 bits per heavy atom. The monoisotopic (exact) mass is 448 g/mol. The van der Waals surface area contributed by atoms with Gasteiger partial charge in [-0.05, 0) is 43.0 Å². The van der Waals surface area contributed by atoms with Gasteiger partial charge in [0.05, 0.1) is 0 Å². The average Bonchev–Trinajstić information content (AvgIpc) is 3.47. The van der Waals surface area contributed by atoms with Gasteiger partial charge in [0.2, 0.25) is 5.91 Å². The Balaban J connectivity index is 1.57. The van der Waals surface area contributed by atoms with Gasteiger partial charge in [0.15, 0.2) is 11.0 Å². The van der Waals surface area contributed by atoms with Crippen LogP contribution in [-0.2, 0) is 17.9 Å². The first-order valence-corrected chi connectivity index (χ1v) is 11.8. The zero-order valence-electron chi connectivity index (χ0n) is 18.3. The van der Waals surface area contributed by atoms with E-state index in [1.165, 1.54) is 11.8 Å². The molecule has 2 aromatic carbocycles. The minimum absolute atomic E-state index is 0.129. The first-order valence-electron chi connectivity index (χ1n) is 10.9. The molecule has 1 unspecified atom stereocenters. The molecule has 32 heavy (non-hydrogen) atoms. The summed E-state index contributed by atoms with van der Waals surface area (Å²) < 4.78 is 7.92. The van der Waals surface area contributed by atoms with E-state index in [0.717, 1.165) is 42.8 Å². The van der Waals surface area contributed by atoms with E-state index in [2.05, 4.69) is 16.8 Å². The second-order valence-electron chi connectivity index (χ2n) is 7.84. The second kappa shape index (κ2) is 10.5. The summed E-state index contributed by atoms with van der Waals surface area (Å²) in [4.78, 5) is 15.3. The minimum Gasteiger partial charge on any atom is -0.486 e. The molecular weight excluding hydrogens is 420 g/mol. The van der Waals surface area contributed by atoms with Gasteiger partial charge in [-0.2, -0.15) is 0 Å². The lowest BCUT2D eigenvalue weighted by atomic mass is 10.1. The molecule has 1 saturated heterocycles. The number of hydrogen-bond acceptors (Lipinski definition) is 5. The number of allylic oxidation sites excluding steroid dienone is 1. The van der Waals surface area contributed by atoms with Crippen LogP contribution in [0.2, 0.25) is 0 Å². The van der Waals surface area contributed by atoms with E-state index >= 15 is 0 Å². The number of carbonyl (C=O) groups is 1. The van der Waals surface area contributed by atoms with Crippen LogP contribution in [0.1, 0.15) is 35.0 Å². The third-order valence-corrected chi connectivity index (χ3v) is 6.65. The largest absolute Gasteiger partial charge is 0.486 e. The summed E-state index contributed by atoms with van der Waals surface area (Å²) in [5, 5.41) is 9.11. The molecule has 0 bridgehead atoms. The third kappa shape index (κ3) is 5.22. The zero-order chi connectivity index (χ0) is 22.3. The van der Waals surface area contributed by atoms with Gasteiger partial charge in [-0.15, -0.1) is 16.8 Å². The quantitative estimate of drug-likeness (QED) is 0.347. The molecule has 0 N–H and O–H groups in total. The molecule has 1 atom stereocenters. The van der Waals surface area contributed by atoms with Crippen molar-refractivity contribution in [2.45, 2.75) is 43.3 Å². The number of rotatable bonds is 9. The molecule has 4 rings (SSSR count). The van der Waals surface area contributed by atoms with Crippen LogP contribution in [-0.4, -0.2) is 38.7 Å². The number of carbonyl (C=O) groups excluding carboxylic acids is 1. The molecule has 2 heterocycles. The molecular formula is C25H28N4O2S. The van der Waals surface area contributed by atoms with Crippen LogP contribution in [0.5, 0.6) is 5.75 Å². The first-order chi connectivity index (χ1) is 15.7. The second-order valence-corrected chi connectivity index (χ2v) is 8.92. The SMILES string of the molecule is C=CCn1c(COc2cccc(C)c2)nnc1SC(C(=O)N1CCCC1)c1ccccc1. The Morgan fingerprint density at radius 1 is 1.16 bits per heavy atom. The van der Waals surface area contributed by atoms with E-state index in [-0.39, 0.29) is 11.2 Å². The van der Waals surface area contributed by atoms with Crippen LogP contribution in [0, 0.1) is 6.92 Å². The number of likely N-dealkylation sites (tertiary alicyclic amines) is 1. The predicted octanol–water partition coefficient (Wildman–Crippen LogP) is 4.81. The molecule has 0 aliphatic carbocycles. The van der Waals surface area contributed by atoms with Gasteiger partial charge in [-0.25, -0.2) is 0 Å². The molecule has 0 radical (unpaired) electrons. The van der Waals surface area contributed by atoms with Gasteiger partial charge in [0.25, 0.3) is 0 Å². The number of aromatic nitrogens is 3. The number of ether oxygens (including phenoxy) is 1. The molecule has 1 aliphatic heterocycles. The van der Waals surface area contributed by atoms with Gasteiger partial charge < -0.3 is 9.64 Å². The maximum atomic E-state index is 13.4. The van der Waals surface area contributed by atoms with Crippen LogP contribution in [0.3, 0.4) is 0 Å². The van der Waals surface area contributed by atoms with Crippen molar-refractivity contribution in [2.24, 2.45) is 0 Å². The van der Waals surface area contributed by atoms with Crippen LogP contribution in [0.4, 0.5) is 0 Å². The lowest BCUT2D eigenvalue weighted by Crippen LogP contribution is -2.31. The highest BCUT2D eigenvalue weighted by Gasteiger charge is 2.30. The van der Waals surface area contributed by atoms with Crippen LogP contribution < -0.4 is 4.74 Å². The van der Waals surface area contributed by atoms with Gasteiger partial charge in [-0.3, -0.25) is 9.36 Å². The van der Waals surface area contributed by atoms with E-state index in [1.54, 1.807) is 0 Å². The summed E-state index contributed by atoms with van der Waals surface area (Å²) in [5.74, 6) is 1.62. The summed E-state index contributed by atoms with van der Waals surface area (Å²) in [6.07, 6.45) is 3.93. The standard InChI is InChI=1S/C25H28N4O2S/c1-3-14-29-22(18-31-21-13-9-10-19(2)17-21)26-27-25(29)32-23(20-11-5-4-6-12-20)24(30)28-15-7-8-16-28/h3-6,9-13,17,23H,1,7-8,14-16,18H2,2H3. The molecule has 0 saturated carbocycles. The van der Waals surface area contributed by atoms with Crippen molar-refractivity contribution in [1.82, 2.24) is 19.7 Å². The smallest absolute Gasteiger partial charge is 0.240 e. The van der Waals surface area contributed by atoms with Crippen molar-refractivity contribution in [3.05, 3.63) is 84.2 Å². The van der Waals surface area contributed by atoms with E-state index in [0.29, 0.717) is 24.1 Å². The highest BCUT2D eigenvalue weighted by Crippen LogP contribution is 2.37. The van der Waals surface area contributed by atoms with Gasteiger partial charge in [-0.1, -0.05) is 60.3 Å². The third-order valence-electron chi connectivity index (χ3n) is 5.43. The highest BCUT2D eigenvalue weighted by molar-refractivity contribution is 8.00. The number of benzene rings is 2. The average molecular weight is 449 g/mol. The van der Waals surface area contributed by atoms with E-state index in [4.69, 9.17) is 4.74 Å². The van der Waals surface area contributed by atoms with Gasteiger partial charge in [0.1, 0.15) is 17.6 Å². The fraction of sp³-hybridized carbons (Fsp3) is 0.320. The zero-order valence-corrected chi connectivity index (χ0v) is 19.1. The molecule has 1 fully saturated rings. The number of nitrogens with zero attached hydrogens (tertiary/aromatic N) is 4. The lowest BCUT2D eigenvalue weighted by molar-refractivity contribution is -0.129. The van der Waals surface area contributed by atoms with E-state index in [9.17, 15) is 4.79 Å². The van der Waals surface area contributed by atoms with Gasteiger partial charge in [0, 0.05) is 19.6 Å².